The van der Waals surface area contributed by atoms with Crippen LogP contribution in [-0.4, -0.2) is 61.4 Å². The van der Waals surface area contributed by atoms with Crippen molar-refractivity contribution in [3.63, 3.8) is 0 Å². The molecule has 0 aliphatic rings. The predicted octanol–water partition coefficient (Wildman–Crippen LogP) is -0.656. The normalized spacial score (nSPS) is 11.7. The van der Waals surface area contributed by atoms with Gasteiger partial charge < -0.3 is 25.5 Å². The lowest BCUT2D eigenvalue weighted by molar-refractivity contribution is -0.145. The van der Waals surface area contributed by atoms with E-state index in [9.17, 15) is 19.2 Å². The summed E-state index contributed by atoms with van der Waals surface area (Å²) < 4.78 is 0. The van der Waals surface area contributed by atoms with Crippen molar-refractivity contribution in [1.29, 1.82) is 0 Å². The van der Waals surface area contributed by atoms with Gasteiger partial charge in [-0.15, -0.1) is 0 Å². The summed E-state index contributed by atoms with van der Waals surface area (Å²) in [6, 6.07) is 0. The molecule has 5 N–H and O–H groups in total. The molecule has 0 aromatic rings. The molecule has 0 spiro atoms. The standard InChI is InChI=1S/C4H6O4.C4H8O2.C3H6O3/c5-3(6)1-2-4(7)8;1-3(5)4(2)6;1-2(4)3(5)6/h1-2H2,(H,5,6)(H,7,8);3,5H,1-2H3;2,4H,1H3,(H,5,6). The van der Waals surface area contributed by atoms with Gasteiger partial charge in [-0.2, -0.15) is 0 Å². The van der Waals surface area contributed by atoms with Crippen LogP contribution in [0.1, 0.15) is 33.6 Å². The number of aliphatic hydroxyl groups is 2. The van der Waals surface area contributed by atoms with Crippen molar-refractivity contribution in [3.05, 3.63) is 0 Å². The highest BCUT2D eigenvalue weighted by atomic mass is 16.4. The molecule has 2 atom stereocenters. The monoisotopic (exact) mass is 296 g/mol. The Bertz CT molecular complexity index is 288. The Balaban J connectivity index is -0.000000221. The van der Waals surface area contributed by atoms with Crippen LogP contribution in [0.4, 0.5) is 0 Å². The van der Waals surface area contributed by atoms with Gasteiger partial charge in [0.15, 0.2) is 5.78 Å². The first kappa shape index (κ1) is 23.1. The minimum atomic E-state index is -1.23. The van der Waals surface area contributed by atoms with E-state index in [1.165, 1.54) is 20.8 Å². The minimum absolute atomic E-state index is 0.185. The molecule has 9 heteroatoms. The molecule has 0 aromatic heterocycles. The summed E-state index contributed by atoms with van der Waals surface area (Å²) in [6.07, 6.45) is -2.61. The van der Waals surface area contributed by atoms with Gasteiger partial charge in [-0.3, -0.25) is 14.4 Å². The van der Waals surface area contributed by atoms with E-state index in [4.69, 9.17) is 25.5 Å². The Morgan fingerprint density at radius 3 is 1.05 bits per heavy atom. The van der Waals surface area contributed by atoms with Gasteiger partial charge in [0.05, 0.1) is 12.8 Å². The fourth-order valence-electron chi connectivity index (χ4n) is 0.214. The van der Waals surface area contributed by atoms with E-state index in [-0.39, 0.29) is 18.6 Å². The molecule has 0 saturated heterocycles. The molecule has 118 valence electrons. The van der Waals surface area contributed by atoms with Gasteiger partial charge in [0.1, 0.15) is 12.2 Å². The fraction of sp³-hybridized carbons (Fsp3) is 0.636. The van der Waals surface area contributed by atoms with Crippen LogP contribution in [0.5, 0.6) is 0 Å². The number of carbonyl (C=O) groups is 4. The molecule has 0 rings (SSSR count). The van der Waals surface area contributed by atoms with E-state index < -0.39 is 30.1 Å². The second-order valence-corrected chi connectivity index (χ2v) is 3.59. The SMILES string of the molecule is CC(=O)C(C)O.CC(O)C(=O)O.O=C(O)CCC(=O)O. The largest absolute Gasteiger partial charge is 0.481 e. The van der Waals surface area contributed by atoms with E-state index in [1.807, 2.05) is 0 Å². The third-order valence-electron chi connectivity index (χ3n) is 1.50. The molecule has 0 fully saturated rings. The van der Waals surface area contributed by atoms with E-state index in [0.29, 0.717) is 0 Å². The lowest BCUT2D eigenvalue weighted by atomic mass is 10.3. The first-order chi connectivity index (χ1) is 8.91. The number of hydrogen-bond acceptors (Lipinski definition) is 6. The third kappa shape index (κ3) is 29.8. The highest BCUT2D eigenvalue weighted by Gasteiger charge is 2.01. The maximum atomic E-state index is 9.89. The Morgan fingerprint density at radius 2 is 1.00 bits per heavy atom. The molecule has 0 radical (unpaired) electrons. The number of aliphatic carboxylic acids is 3. The van der Waals surface area contributed by atoms with Crippen LogP contribution in [0.15, 0.2) is 0 Å². The number of ketones is 1. The van der Waals surface area contributed by atoms with Crippen molar-refractivity contribution < 1.29 is 44.7 Å². The Hall–Kier alpha value is -2.00. The average molecular weight is 296 g/mol. The molecule has 2 unspecified atom stereocenters. The van der Waals surface area contributed by atoms with Crippen LogP contribution in [-0.2, 0) is 19.2 Å². The summed E-state index contributed by atoms with van der Waals surface area (Å²) in [6.45, 7) is 4.00. The Morgan fingerprint density at radius 1 is 0.800 bits per heavy atom. The van der Waals surface area contributed by atoms with Gasteiger partial charge in [0, 0.05) is 0 Å². The molecule has 0 aliphatic heterocycles. The van der Waals surface area contributed by atoms with E-state index >= 15 is 0 Å². The quantitative estimate of drug-likeness (QED) is 0.442. The third-order valence-corrected chi connectivity index (χ3v) is 1.50. The first-order valence-electron chi connectivity index (χ1n) is 5.44. The summed E-state index contributed by atoms with van der Waals surface area (Å²) in [7, 11) is 0. The number of hydrogen-bond donors (Lipinski definition) is 5. The zero-order valence-electron chi connectivity index (χ0n) is 11.4. The van der Waals surface area contributed by atoms with Gasteiger partial charge in [-0.05, 0) is 20.8 Å². The number of rotatable bonds is 5. The number of aliphatic hydroxyl groups excluding tert-OH is 2. The van der Waals surface area contributed by atoms with E-state index in [1.54, 1.807) is 0 Å². The Labute approximate surface area is 115 Å². The molecule has 0 saturated carbocycles. The van der Waals surface area contributed by atoms with Gasteiger partial charge in [0.25, 0.3) is 0 Å². The number of Topliss-reactive ketones (excluding diaryl/α,β-unsaturated/α-hetero) is 1. The lowest BCUT2D eigenvalue weighted by Gasteiger charge is -1.90. The van der Waals surface area contributed by atoms with Crippen molar-refractivity contribution in [2.45, 2.75) is 45.8 Å². The zero-order valence-corrected chi connectivity index (χ0v) is 11.4. The maximum absolute atomic E-state index is 9.89. The molecule has 9 nitrogen and oxygen atoms in total. The molecule has 0 aromatic carbocycles. The minimum Gasteiger partial charge on any atom is -0.481 e. The molecule has 0 aliphatic carbocycles. The molecule has 0 heterocycles. The highest BCUT2D eigenvalue weighted by molar-refractivity contribution is 5.79. The van der Waals surface area contributed by atoms with Gasteiger partial charge in [-0.1, -0.05) is 0 Å². The zero-order chi connectivity index (χ0) is 16.9. The van der Waals surface area contributed by atoms with Crippen LogP contribution in [0.2, 0.25) is 0 Å². The van der Waals surface area contributed by atoms with Crippen LogP contribution in [0.25, 0.3) is 0 Å². The van der Waals surface area contributed by atoms with Crippen LogP contribution < -0.4 is 0 Å². The van der Waals surface area contributed by atoms with Gasteiger partial charge in [-0.25, -0.2) is 4.79 Å². The van der Waals surface area contributed by atoms with Crippen molar-refractivity contribution in [2.75, 3.05) is 0 Å². The number of carbonyl (C=O) groups excluding carboxylic acids is 1. The van der Waals surface area contributed by atoms with Gasteiger partial charge >= 0.3 is 17.9 Å². The summed E-state index contributed by atoms with van der Waals surface area (Å²) in [5, 5.41) is 39.8. The summed E-state index contributed by atoms with van der Waals surface area (Å²) >= 11 is 0. The molecular formula is C11H20O9. The summed E-state index contributed by atoms with van der Waals surface area (Å²) in [4.78, 5) is 38.6. The highest BCUT2D eigenvalue weighted by Crippen LogP contribution is 1.86. The van der Waals surface area contributed by atoms with Crippen molar-refractivity contribution in [2.24, 2.45) is 0 Å². The molecule has 20 heavy (non-hydrogen) atoms. The van der Waals surface area contributed by atoms with Crippen molar-refractivity contribution >= 4 is 23.7 Å². The summed E-state index contributed by atoms with van der Waals surface area (Å²) in [5.41, 5.74) is 0. The first-order valence-corrected chi connectivity index (χ1v) is 5.44. The average Bonchev–Trinajstić information content (AvgIpc) is 2.27. The predicted molar refractivity (Wildman–Crippen MR) is 66.2 cm³/mol. The van der Waals surface area contributed by atoms with Crippen LogP contribution in [0, 0.1) is 0 Å². The topological polar surface area (TPSA) is 169 Å². The number of carboxylic acid groups (broad SMARTS) is 3. The molecule has 0 bridgehead atoms. The second kappa shape index (κ2) is 13.4. The lowest BCUT2D eigenvalue weighted by Crippen LogP contribution is -2.13. The van der Waals surface area contributed by atoms with Crippen molar-refractivity contribution in [3.8, 4) is 0 Å². The van der Waals surface area contributed by atoms with E-state index in [2.05, 4.69) is 0 Å². The molecular weight excluding hydrogens is 276 g/mol. The smallest absolute Gasteiger partial charge is 0.332 e. The number of carboxylic acids is 3. The summed E-state index contributed by atoms with van der Waals surface area (Å²) in [5.74, 6) is -3.52. The van der Waals surface area contributed by atoms with E-state index in [0.717, 1.165) is 0 Å². The maximum Gasteiger partial charge on any atom is 0.332 e. The van der Waals surface area contributed by atoms with Crippen molar-refractivity contribution in [1.82, 2.24) is 0 Å². The Kier molecular flexibility index (Phi) is 15.5. The molecule has 0 amide bonds. The fourth-order valence-corrected chi connectivity index (χ4v) is 0.214. The second-order valence-electron chi connectivity index (χ2n) is 3.59. The van der Waals surface area contributed by atoms with Crippen LogP contribution in [0.3, 0.4) is 0 Å². The van der Waals surface area contributed by atoms with Crippen LogP contribution >= 0.6 is 0 Å². The van der Waals surface area contributed by atoms with Gasteiger partial charge in [0.2, 0.25) is 0 Å².